The molecule has 0 bridgehead atoms. The quantitative estimate of drug-likeness (QED) is 0.792. The first kappa shape index (κ1) is 10.0. The van der Waals surface area contributed by atoms with E-state index in [4.69, 9.17) is 12.2 Å². The molecule has 0 amide bonds. The van der Waals surface area contributed by atoms with E-state index in [-0.39, 0.29) is 0 Å². The zero-order valence-corrected chi connectivity index (χ0v) is 9.66. The highest BCUT2D eigenvalue weighted by Gasteiger charge is 2.28. The molecular weight excluding hydrogens is 218 g/mol. The molecule has 2 rings (SSSR count). The fourth-order valence-electron chi connectivity index (χ4n) is 1.42. The second kappa shape index (κ2) is 3.94. The molecule has 0 spiro atoms. The molecule has 0 saturated heterocycles. The summed E-state index contributed by atoms with van der Waals surface area (Å²) in [4.78, 5) is 0. The van der Waals surface area contributed by atoms with Gasteiger partial charge in [-0.2, -0.15) is 5.10 Å². The van der Waals surface area contributed by atoms with Crippen LogP contribution >= 0.6 is 12.2 Å². The first-order chi connectivity index (χ1) is 6.68. The van der Waals surface area contributed by atoms with E-state index in [0.29, 0.717) is 23.0 Å². The Morgan fingerprint density at radius 1 is 1.71 bits per heavy atom. The summed E-state index contributed by atoms with van der Waals surface area (Å²) in [7, 11) is -0.768. The maximum absolute atomic E-state index is 11.0. The third kappa shape index (κ3) is 2.12. The fraction of sp³-hybridized carbons (Fsp3) is 0.750. The molecule has 1 aliphatic carbocycles. The Hall–Kier alpha value is -0.490. The summed E-state index contributed by atoms with van der Waals surface area (Å²) in [6.07, 6.45) is 4.12. The predicted octanol–water partition coefficient (Wildman–Crippen LogP) is 1.20. The van der Waals surface area contributed by atoms with Crippen LogP contribution in [0.25, 0.3) is 0 Å². The third-order valence-corrected chi connectivity index (χ3v) is 3.40. The fourth-order valence-corrected chi connectivity index (χ4v) is 2.09. The van der Waals surface area contributed by atoms with Crippen molar-refractivity contribution in [3.05, 3.63) is 10.6 Å². The summed E-state index contributed by atoms with van der Waals surface area (Å²) in [5.74, 6) is 2.27. The van der Waals surface area contributed by atoms with E-state index in [0.717, 1.165) is 5.82 Å². The highest BCUT2D eigenvalue weighted by molar-refractivity contribution is 7.84. The van der Waals surface area contributed by atoms with E-state index in [1.54, 1.807) is 6.26 Å². The van der Waals surface area contributed by atoms with Crippen LogP contribution in [0.2, 0.25) is 0 Å². The van der Waals surface area contributed by atoms with Crippen molar-refractivity contribution in [2.45, 2.75) is 25.3 Å². The molecule has 1 aromatic heterocycles. The number of hydrogen-bond donors (Lipinski definition) is 1. The number of hydrogen-bond acceptors (Lipinski definition) is 3. The number of aromatic amines is 1. The van der Waals surface area contributed by atoms with Crippen molar-refractivity contribution >= 4 is 23.0 Å². The van der Waals surface area contributed by atoms with Gasteiger partial charge in [0.15, 0.2) is 4.77 Å². The van der Waals surface area contributed by atoms with Gasteiger partial charge in [-0.15, -0.1) is 0 Å². The largest absolute Gasteiger partial charge is 0.303 e. The standard InChI is InChI=1S/C8H13N3OS2/c1-14(12)5-4-11-7(6-2-3-6)9-10-8(11)13/h6H,2-5H2,1H3,(H,10,13). The van der Waals surface area contributed by atoms with Gasteiger partial charge in [-0.25, -0.2) is 0 Å². The number of nitrogens with zero attached hydrogens (tertiary/aromatic N) is 2. The van der Waals surface area contributed by atoms with Crippen molar-refractivity contribution in [2.24, 2.45) is 0 Å². The van der Waals surface area contributed by atoms with E-state index in [2.05, 4.69) is 10.2 Å². The Balaban J connectivity index is 2.17. The summed E-state index contributed by atoms with van der Waals surface area (Å²) in [5.41, 5.74) is 0. The molecule has 0 aromatic carbocycles. The summed E-state index contributed by atoms with van der Waals surface area (Å²) in [6.45, 7) is 0.713. The van der Waals surface area contributed by atoms with Crippen LogP contribution in [0.15, 0.2) is 0 Å². The first-order valence-corrected chi connectivity index (χ1v) is 6.77. The van der Waals surface area contributed by atoms with Crippen LogP contribution in [0.5, 0.6) is 0 Å². The van der Waals surface area contributed by atoms with Crippen molar-refractivity contribution in [1.29, 1.82) is 0 Å². The van der Waals surface area contributed by atoms with Crippen LogP contribution in [-0.2, 0) is 17.3 Å². The highest BCUT2D eigenvalue weighted by atomic mass is 32.2. The SMILES string of the molecule is CS(=O)CCn1c(C2CC2)n[nH]c1=S. The maximum atomic E-state index is 11.0. The second-order valence-corrected chi connectivity index (χ2v) is 5.53. The van der Waals surface area contributed by atoms with Crippen LogP contribution in [0.4, 0.5) is 0 Å². The number of aromatic nitrogens is 3. The molecule has 1 unspecified atom stereocenters. The summed E-state index contributed by atoms with van der Waals surface area (Å²) >= 11 is 5.12. The van der Waals surface area contributed by atoms with E-state index in [1.165, 1.54) is 12.8 Å². The van der Waals surface area contributed by atoms with Crippen LogP contribution in [0.3, 0.4) is 0 Å². The van der Waals surface area contributed by atoms with E-state index in [9.17, 15) is 4.21 Å². The van der Waals surface area contributed by atoms with E-state index in [1.807, 2.05) is 4.57 Å². The van der Waals surface area contributed by atoms with Gasteiger partial charge in [0, 0.05) is 35.3 Å². The first-order valence-electron chi connectivity index (χ1n) is 4.63. The molecule has 78 valence electrons. The number of nitrogens with one attached hydrogen (secondary N) is 1. The Kier molecular flexibility index (Phi) is 2.83. The average molecular weight is 231 g/mol. The topological polar surface area (TPSA) is 50.7 Å². The van der Waals surface area contributed by atoms with Gasteiger partial charge in [-0.1, -0.05) is 0 Å². The second-order valence-electron chi connectivity index (χ2n) is 3.59. The molecule has 1 saturated carbocycles. The van der Waals surface area contributed by atoms with Gasteiger partial charge in [0.1, 0.15) is 5.82 Å². The van der Waals surface area contributed by atoms with Crippen molar-refractivity contribution in [1.82, 2.24) is 14.8 Å². The van der Waals surface area contributed by atoms with Crippen LogP contribution < -0.4 is 0 Å². The minimum absolute atomic E-state index is 0.577. The Labute approximate surface area is 90.2 Å². The summed E-state index contributed by atoms with van der Waals surface area (Å²) in [5, 5.41) is 7.00. The van der Waals surface area contributed by atoms with Gasteiger partial charge in [0.2, 0.25) is 0 Å². The molecule has 0 aliphatic heterocycles. The van der Waals surface area contributed by atoms with Gasteiger partial charge in [0.05, 0.1) is 0 Å². The minimum atomic E-state index is -0.768. The lowest BCUT2D eigenvalue weighted by molar-refractivity contribution is 0.664. The lowest BCUT2D eigenvalue weighted by atomic mass is 10.4. The van der Waals surface area contributed by atoms with Gasteiger partial charge in [-0.3, -0.25) is 9.31 Å². The van der Waals surface area contributed by atoms with Gasteiger partial charge in [-0.05, 0) is 25.1 Å². The summed E-state index contributed by atoms with van der Waals surface area (Å²) < 4.78 is 13.6. The lowest BCUT2D eigenvalue weighted by Crippen LogP contribution is -2.09. The maximum Gasteiger partial charge on any atom is 0.195 e. The normalized spacial score (nSPS) is 18.4. The number of rotatable bonds is 4. The monoisotopic (exact) mass is 231 g/mol. The molecule has 1 atom stereocenters. The Morgan fingerprint density at radius 3 is 3.00 bits per heavy atom. The van der Waals surface area contributed by atoms with Crippen LogP contribution in [0.1, 0.15) is 24.6 Å². The minimum Gasteiger partial charge on any atom is -0.303 e. The van der Waals surface area contributed by atoms with Gasteiger partial charge < -0.3 is 4.57 Å². The molecule has 0 radical (unpaired) electrons. The van der Waals surface area contributed by atoms with Crippen molar-refractivity contribution < 1.29 is 4.21 Å². The molecule has 1 N–H and O–H groups in total. The predicted molar refractivity (Wildman–Crippen MR) is 58.3 cm³/mol. The van der Waals surface area contributed by atoms with Gasteiger partial charge >= 0.3 is 0 Å². The Bertz CT molecular complexity index is 405. The third-order valence-electron chi connectivity index (χ3n) is 2.33. The average Bonchev–Trinajstić information content (AvgIpc) is 2.88. The lowest BCUT2D eigenvalue weighted by Gasteiger charge is -2.03. The smallest absolute Gasteiger partial charge is 0.195 e. The van der Waals surface area contributed by atoms with Crippen molar-refractivity contribution in [3.63, 3.8) is 0 Å². The summed E-state index contributed by atoms with van der Waals surface area (Å²) in [6, 6.07) is 0. The van der Waals surface area contributed by atoms with Crippen molar-refractivity contribution in [2.75, 3.05) is 12.0 Å². The zero-order chi connectivity index (χ0) is 10.1. The van der Waals surface area contributed by atoms with E-state index < -0.39 is 10.8 Å². The molecule has 1 fully saturated rings. The Morgan fingerprint density at radius 2 is 2.43 bits per heavy atom. The van der Waals surface area contributed by atoms with Crippen LogP contribution in [0, 0.1) is 4.77 Å². The molecule has 14 heavy (non-hydrogen) atoms. The van der Waals surface area contributed by atoms with Crippen molar-refractivity contribution in [3.8, 4) is 0 Å². The molecule has 1 aromatic rings. The molecule has 1 heterocycles. The molecule has 4 nitrogen and oxygen atoms in total. The highest BCUT2D eigenvalue weighted by Crippen LogP contribution is 2.38. The molecule has 1 aliphatic rings. The molecular formula is C8H13N3OS2. The zero-order valence-electron chi connectivity index (χ0n) is 8.02. The van der Waals surface area contributed by atoms with Gasteiger partial charge in [0.25, 0.3) is 0 Å². The van der Waals surface area contributed by atoms with Crippen LogP contribution in [-0.4, -0.2) is 31.0 Å². The van der Waals surface area contributed by atoms with E-state index >= 15 is 0 Å². The number of H-pyrrole nitrogens is 1. The molecule has 6 heteroatoms.